The van der Waals surface area contributed by atoms with Crippen molar-refractivity contribution in [3.8, 4) is 0 Å². The highest BCUT2D eigenvalue weighted by molar-refractivity contribution is 7.18. The normalized spacial score (nSPS) is 16.8. The Morgan fingerprint density at radius 2 is 2.00 bits per heavy atom. The molecule has 29 heavy (non-hydrogen) atoms. The Morgan fingerprint density at radius 3 is 2.69 bits per heavy atom. The molecule has 1 fully saturated rings. The van der Waals surface area contributed by atoms with E-state index in [1.54, 1.807) is 42.5 Å². The molecular weight excluding hydrogens is 386 g/mol. The number of thiazole rings is 1. The molecule has 0 bridgehead atoms. The highest BCUT2D eigenvalue weighted by atomic mass is 32.1. The molecule has 6 nitrogen and oxygen atoms in total. The minimum atomic E-state index is -0.332. The summed E-state index contributed by atoms with van der Waals surface area (Å²) in [5, 5.41) is 3.95. The van der Waals surface area contributed by atoms with Crippen molar-refractivity contribution >= 4 is 50.6 Å². The smallest absolute Gasteiger partial charge is 0.255 e. The summed E-state index contributed by atoms with van der Waals surface area (Å²) in [7, 11) is 0. The number of carbonyl (C=O) groups is 3. The van der Waals surface area contributed by atoms with E-state index in [4.69, 9.17) is 0 Å². The highest BCUT2D eigenvalue weighted by Crippen LogP contribution is 2.30. The number of carbonyl (C=O) groups excluding carboxylic acids is 3. The molecule has 0 radical (unpaired) electrons. The van der Waals surface area contributed by atoms with Gasteiger partial charge in [-0.05, 0) is 36.4 Å². The second kappa shape index (κ2) is 7.40. The molecule has 4 rings (SSSR count). The average Bonchev–Trinajstić information content (AvgIpc) is 3.22. The van der Waals surface area contributed by atoms with E-state index >= 15 is 0 Å². The molecule has 7 heteroatoms. The molecule has 0 spiro atoms. The van der Waals surface area contributed by atoms with Crippen molar-refractivity contribution in [2.45, 2.75) is 33.1 Å². The van der Waals surface area contributed by atoms with E-state index in [9.17, 15) is 14.4 Å². The molecule has 3 amide bonds. The first-order chi connectivity index (χ1) is 13.8. The molecule has 1 aliphatic rings. The summed E-state index contributed by atoms with van der Waals surface area (Å²) in [5.41, 5.74) is 2.40. The molecule has 2 heterocycles. The van der Waals surface area contributed by atoms with Crippen molar-refractivity contribution in [2.24, 2.45) is 5.92 Å². The molecule has 148 valence electrons. The molecular formula is C22H21N3O3S. The van der Waals surface area contributed by atoms with E-state index in [2.05, 4.69) is 24.1 Å². The van der Waals surface area contributed by atoms with E-state index < -0.39 is 0 Å². The lowest BCUT2D eigenvalue weighted by atomic mass is 10.1. The molecule has 1 N–H and O–H groups in total. The van der Waals surface area contributed by atoms with Gasteiger partial charge in [-0.25, -0.2) is 4.98 Å². The molecule has 0 saturated carbocycles. The van der Waals surface area contributed by atoms with Crippen LogP contribution in [0.4, 0.5) is 11.4 Å². The zero-order valence-corrected chi connectivity index (χ0v) is 17.2. The largest absolute Gasteiger partial charge is 0.322 e. The maximum atomic E-state index is 12.7. The van der Waals surface area contributed by atoms with Crippen molar-refractivity contribution in [1.29, 1.82) is 0 Å². The van der Waals surface area contributed by atoms with Gasteiger partial charge in [-0.1, -0.05) is 26.8 Å². The number of amides is 3. The van der Waals surface area contributed by atoms with Gasteiger partial charge in [-0.15, -0.1) is 11.3 Å². The van der Waals surface area contributed by atoms with Gasteiger partial charge in [0.15, 0.2) is 0 Å². The SMILES string of the molecule is CC(C)c1nc2ccc(NC(=O)c3cccc(N4C(=O)C[C@@H](C)C4=O)c3)cc2s1. The van der Waals surface area contributed by atoms with Crippen molar-refractivity contribution in [3.63, 3.8) is 0 Å². The van der Waals surface area contributed by atoms with Crippen molar-refractivity contribution in [2.75, 3.05) is 10.2 Å². The summed E-state index contributed by atoms with van der Waals surface area (Å²) in [4.78, 5) is 42.9. The molecule has 3 aromatic rings. The van der Waals surface area contributed by atoms with Gasteiger partial charge >= 0.3 is 0 Å². The van der Waals surface area contributed by atoms with Gasteiger partial charge in [0.1, 0.15) is 0 Å². The van der Waals surface area contributed by atoms with Gasteiger partial charge in [0, 0.05) is 29.5 Å². The van der Waals surface area contributed by atoms with Crippen molar-refractivity contribution in [1.82, 2.24) is 4.98 Å². The number of hydrogen-bond donors (Lipinski definition) is 1. The fourth-order valence-electron chi connectivity index (χ4n) is 3.31. The lowest BCUT2D eigenvalue weighted by Crippen LogP contribution is -2.30. The Bertz CT molecular complexity index is 1140. The average molecular weight is 407 g/mol. The van der Waals surface area contributed by atoms with Crippen LogP contribution in [0.5, 0.6) is 0 Å². The van der Waals surface area contributed by atoms with Crippen LogP contribution in [-0.4, -0.2) is 22.7 Å². The lowest BCUT2D eigenvalue weighted by Gasteiger charge is -2.15. The highest BCUT2D eigenvalue weighted by Gasteiger charge is 2.36. The van der Waals surface area contributed by atoms with Crippen LogP contribution in [0.3, 0.4) is 0 Å². The second-order valence-corrected chi connectivity index (χ2v) is 8.63. The number of imide groups is 1. The van der Waals surface area contributed by atoms with Gasteiger partial charge in [0.25, 0.3) is 5.91 Å². The van der Waals surface area contributed by atoms with Gasteiger partial charge < -0.3 is 5.32 Å². The number of aromatic nitrogens is 1. The molecule has 1 aliphatic heterocycles. The Hall–Kier alpha value is -3.06. The topological polar surface area (TPSA) is 79.4 Å². The first-order valence-electron chi connectivity index (χ1n) is 9.52. The van der Waals surface area contributed by atoms with Crippen LogP contribution in [0.1, 0.15) is 48.5 Å². The summed E-state index contributed by atoms with van der Waals surface area (Å²) in [6.07, 6.45) is 0.197. The Labute approximate surface area is 172 Å². The lowest BCUT2D eigenvalue weighted by molar-refractivity contribution is -0.122. The summed E-state index contributed by atoms with van der Waals surface area (Å²) < 4.78 is 1.02. The molecule has 0 aliphatic carbocycles. The first kappa shape index (κ1) is 19.3. The molecule has 1 aromatic heterocycles. The number of hydrogen-bond acceptors (Lipinski definition) is 5. The van der Waals surface area contributed by atoms with Gasteiger partial charge in [-0.2, -0.15) is 0 Å². The maximum Gasteiger partial charge on any atom is 0.255 e. The predicted molar refractivity (Wildman–Crippen MR) is 114 cm³/mol. The number of fused-ring (bicyclic) bond motifs is 1. The van der Waals surface area contributed by atoms with E-state index in [-0.39, 0.29) is 30.1 Å². The van der Waals surface area contributed by atoms with E-state index in [1.165, 1.54) is 0 Å². The van der Waals surface area contributed by atoms with E-state index in [0.717, 1.165) is 20.1 Å². The summed E-state index contributed by atoms with van der Waals surface area (Å²) in [6.45, 7) is 5.94. The quantitative estimate of drug-likeness (QED) is 0.643. The zero-order chi connectivity index (χ0) is 20.7. The maximum absolute atomic E-state index is 12.7. The van der Waals surface area contributed by atoms with Gasteiger partial charge in [0.05, 0.1) is 20.9 Å². The van der Waals surface area contributed by atoms with Crippen LogP contribution in [0.25, 0.3) is 10.2 Å². The fraction of sp³-hybridized carbons (Fsp3) is 0.273. The minimum absolute atomic E-state index is 0.197. The van der Waals surface area contributed by atoms with Crippen molar-refractivity contribution < 1.29 is 14.4 Å². The van der Waals surface area contributed by atoms with Crippen molar-refractivity contribution in [3.05, 3.63) is 53.0 Å². The zero-order valence-electron chi connectivity index (χ0n) is 16.4. The third-order valence-corrected chi connectivity index (χ3v) is 6.21. The number of anilines is 2. The summed E-state index contributed by atoms with van der Waals surface area (Å²) in [6, 6.07) is 12.2. The molecule has 1 atom stereocenters. The Balaban J connectivity index is 1.57. The Morgan fingerprint density at radius 1 is 1.21 bits per heavy atom. The van der Waals surface area contributed by atoms with E-state index in [1.807, 2.05) is 18.2 Å². The second-order valence-electron chi connectivity index (χ2n) is 7.57. The van der Waals surface area contributed by atoms with E-state index in [0.29, 0.717) is 22.9 Å². The first-order valence-corrected chi connectivity index (χ1v) is 10.3. The summed E-state index contributed by atoms with van der Waals surface area (Å²) >= 11 is 1.62. The van der Waals surface area contributed by atoms with Crippen LogP contribution < -0.4 is 10.2 Å². The molecule has 2 aromatic carbocycles. The van der Waals surface area contributed by atoms with Gasteiger partial charge in [0.2, 0.25) is 11.8 Å². The van der Waals surface area contributed by atoms with Crippen LogP contribution in [0.2, 0.25) is 0 Å². The van der Waals surface area contributed by atoms with Crippen LogP contribution >= 0.6 is 11.3 Å². The number of rotatable bonds is 4. The molecule has 1 saturated heterocycles. The fourth-order valence-corrected chi connectivity index (χ4v) is 4.32. The number of benzene rings is 2. The minimum Gasteiger partial charge on any atom is -0.322 e. The summed E-state index contributed by atoms with van der Waals surface area (Å²) in [5.74, 6) is -0.749. The standard InChI is InChI=1S/C22H21N3O3S/c1-12(2)21-24-17-8-7-15(11-18(17)29-21)23-20(27)14-5-4-6-16(10-14)25-19(26)9-13(3)22(25)28/h4-8,10-13H,9H2,1-3H3,(H,23,27)/t13-/m1/s1. The Kier molecular flexibility index (Phi) is 4.92. The monoisotopic (exact) mass is 407 g/mol. The number of nitrogens with one attached hydrogen (secondary N) is 1. The third kappa shape index (κ3) is 3.65. The van der Waals surface area contributed by atoms with Gasteiger partial charge in [-0.3, -0.25) is 19.3 Å². The van der Waals surface area contributed by atoms with Crippen LogP contribution in [-0.2, 0) is 9.59 Å². The third-order valence-electron chi connectivity index (χ3n) is 4.90. The molecule has 0 unspecified atom stereocenters. The predicted octanol–water partition coefficient (Wildman–Crippen LogP) is 4.57. The van der Waals surface area contributed by atoms with Crippen LogP contribution in [0.15, 0.2) is 42.5 Å². The van der Waals surface area contributed by atoms with Crippen LogP contribution in [0, 0.1) is 5.92 Å². The number of nitrogens with zero attached hydrogens (tertiary/aromatic N) is 2.